The molecule has 3 aromatic rings. The van der Waals surface area contributed by atoms with Crippen LogP contribution < -0.4 is 4.72 Å². The summed E-state index contributed by atoms with van der Waals surface area (Å²) < 4.78 is 32.5. The van der Waals surface area contributed by atoms with Crippen molar-refractivity contribution in [1.29, 1.82) is 0 Å². The molecule has 0 aliphatic carbocycles. The van der Waals surface area contributed by atoms with E-state index in [1.54, 1.807) is 6.92 Å². The number of sulfonamides is 1. The summed E-state index contributed by atoms with van der Waals surface area (Å²) in [5.74, 6) is -0.951. The van der Waals surface area contributed by atoms with Gasteiger partial charge in [-0.1, -0.05) is 35.9 Å². The Bertz CT molecular complexity index is 1230. The predicted molar refractivity (Wildman–Crippen MR) is 113 cm³/mol. The Morgan fingerprint density at radius 2 is 1.63 bits per heavy atom. The van der Waals surface area contributed by atoms with Crippen molar-refractivity contribution in [2.24, 2.45) is 0 Å². The second kappa shape index (κ2) is 8.37. The number of halogens is 1. The Morgan fingerprint density at radius 1 is 1.00 bits per heavy atom. The maximum atomic E-state index is 12.8. The summed E-state index contributed by atoms with van der Waals surface area (Å²) in [5, 5.41) is -0.254. The summed E-state index contributed by atoms with van der Waals surface area (Å²) in [5.41, 5.74) is 3.80. The summed E-state index contributed by atoms with van der Waals surface area (Å²) in [4.78, 5) is 24.0. The van der Waals surface area contributed by atoms with E-state index in [1.165, 1.54) is 25.3 Å². The first kappa shape index (κ1) is 21.7. The number of hydrogen-bond donors (Lipinski definition) is 1. The van der Waals surface area contributed by atoms with Crippen molar-refractivity contribution in [2.75, 3.05) is 11.8 Å². The van der Waals surface area contributed by atoms with Gasteiger partial charge in [0.1, 0.15) is 10.8 Å². The number of hydrogen-bond acceptors (Lipinski definition) is 7. The highest BCUT2D eigenvalue weighted by Crippen LogP contribution is 2.32. The quantitative estimate of drug-likeness (QED) is 0.469. The fourth-order valence-corrected chi connectivity index (χ4v) is 4.00. The van der Waals surface area contributed by atoms with Crippen molar-refractivity contribution < 1.29 is 17.9 Å². The van der Waals surface area contributed by atoms with Gasteiger partial charge >= 0.3 is 5.97 Å². The van der Waals surface area contributed by atoms with Crippen LogP contribution in [0, 0.1) is 20.8 Å². The summed E-state index contributed by atoms with van der Waals surface area (Å²) in [6, 6.07) is 9.78. The monoisotopic (exact) mass is 446 g/mol. The summed E-state index contributed by atoms with van der Waals surface area (Å²) >= 11 is 6.27. The van der Waals surface area contributed by atoms with Crippen LogP contribution in [0.3, 0.4) is 0 Å². The molecule has 10 heteroatoms. The molecule has 0 unspecified atom stereocenters. The number of carbonyl (C=O) groups is 1. The van der Waals surface area contributed by atoms with Crippen molar-refractivity contribution in [3.05, 3.63) is 63.9 Å². The lowest BCUT2D eigenvalue weighted by molar-refractivity contribution is 0.0593. The molecule has 0 radical (unpaired) electrons. The van der Waals surface area contributed by atoms with Gasteiger partial charge in [-0.3, -0.25) is 0 Å². The molecule has 0 spiro atoms. The standard InChI is InChI=1S/C20H19ClN4O4S/c1-11-7-5-8-12(2)16(11)17-13(3)18(21)24-20(23-17)25-30(27,28)15-10-6-9-14(22-15)19(26)29-4/h5-10H,1-4H3,(H,23,24,25). The maximum absolute atomic E-state index is 12.8. The molecule has 0 saturated heterocycles. The Hall–Kier alpha value is -3.04. The van der Waals surface area contributed by atoms with Crippen LogP contribution in [0.2, 0.25) is 5.15 Å². The van der Waals surface area contributed by atoms with Crippen LogP contribution in [0.25, 0.3) is 11.3 Å². The molecule has 2 heterocycles. The predicted octanol–water partition coefficient (Wildman–Crippen LogP) is 3.70. The molecular weight excluding hydrogens is 428 g/mol. The molecule has 0 aliphatic heterocycles. The van der Waals surface area contributed by atoms with Crippen LogP contribution in [0.5, 0.6) is 0 Å². The number of pyridine rings is 1. The Balaban J connectivity index is 2.06. The normalized spacial score (nSPS) is 11.2. The Morgan fingerprint density at radius 3 is 2.27 bits per heavy atom. The zero-order chi connectivity index (χ0) is 22.1. The molecule has 156 valence electrons. The molecule has 0 bridgehead atoms. The van der Waals surface area contributed by atoms with E-state index in [4.69, 9.17) is 11.6 Å². The van der Waals surface area contributed by atoms with Crippen molar-refractivity contribution in [3.63, 3.8) is 0 Å². The van der Waals surface area contributed by atoms with Crippen LogP contribution in [0.1, 0.15) is 27.2 Å². The average molecular weight is 447 g/mol. The number of benzene rings is 1. The Labute approximate surface area is 179 Å². The number of esters is 1. The van der Waals surface area contributed by atoms with E-state index < -0.39 is 16.0 Å². The number of methoxy groups -OCH3 is 1. The molecule has 0 amide bonds. The summed E-state index contributed by atoms with van der Waals surface area (Å²) in [6.45, 7) is 5.64. The molecule has 0 fully saturated rings. The van der Waals surface area contributed by atoms with Crippen LogP contribution in [-0.2, 0) is 14.8 Å². The minimum atomic E-state index is -4.18. The molecule has 0 saturated carbocycles. The molecule has 1 N–H and O–H groups in total. The molecule has 8 nitrogen and oxygen atoms in total. The first-order chi connectivity index (χ1) is 14.1. The van der Waals surface area contributed by atoms with Gasteiger partial charge in [0.2, 0.25) is 5.95 Å². The molecule has 0 aliphatic rings. The molecule has 0 atom stereocenters. The highest BCUT2D eigenvalue weighted by Gasteiger charge is 2.22. The number of nitrogens with zero attached hydrogens (tertiary/aromatic N) is 3. The van der Waals surface area contributed by atoms with Crippen LogP contribution in [0.4, 0.5) is 5.95 Å². The number of aromatic nitrogens is 3. The van der Waals surface area contributed by atoms with Crippen molar-refractivity contribution in [1.82, 2.24) is 15.0 Å². The maximum Gasteiger partial charge on any atom is 0.356 e. The van der Waals surface area contributed by atoms with Gasteiger partial charge in [0.25, 0.3) is 10.0 Å². The highest BCUT2D eigenvalue weighted by molar-refractivity contribution is 7.92. The van der Waals surface area contributed by atoms with Gasteiger partial charge in [0, 0.05) is 11.1 Å². The third kappa shape index (κ3) is 4.27. The topological polar surface area (TPSA) is 111 Å². The summed E-state index contributed by atoms with van der Waals surface area (Å²) in [7, 11) is -3.00. The number of aryl methyl sites for hydroxylation is 2. The van der Waals surface area contributed by atoms with Gasteiger partial charge in [-0.2, -0.15) is 13.4 Å². The van der Waals surface area contributed by atoms with Crippen LogP contribution in [-0.4, -0.2) is 36.4 Å². The van der Waals surface area contributed by atoms with Crippen LogP contribution in [0.15, 0.2) is 41.4 Å². The largest absolute Gasteiger partial charge is 0.464 e. The number of carbonyl (C=O) groups excluding carboxylic acids is 1. The number of rotatable bonds is 5. The fraction of sp³-hybridized carbons (Fsp3) is 0.200. The second-order valence-corrected chi connectivity index (χ2v) is 8.52. The van der Waals surface area contributed by atoms with Gasteiger partial charge in [-0.15, -0.1) is 0 Å². The first-order valence-electron chi connectivity index (χ1n) is 8.83. The number of ether oxygens (including phenoxy) is 1. The molecule has 3 rings (SSSR count). The Kier molecular flexibility index (Phi) is 6.04. The SMILES string of the molecule is COC(=O)c1cccc(S(=O)(=O)Nc2nc(Cl)c(C)c(-c3c(C)cccc3C)n2)n1. The van der Waals surface area contributed by atoms with E-state index >= 15 is 0 Å². The fourth-order valence-electron chi connectivity index (χ4n) is 2.92. The minimum Gasteiger partial charge on any atom is -0.464 e. The molecule has 2 aromatic heterocycles. The lowest BCUT2D eigenvalue weighted by Gasteiger charge is -2.14. The molecule has 1 aromatic carbocycles. The van der Waals surface area contributed by atoms with E-state index in [1.807, 2.05) is 32.0 Å². The highest BCUT2D eigenvalue weighted by atomic mass is 35.5. The lowest BCUT2D eigenvalue weighted by Crippen LogP contribution is -2.18. The van der Waals surface area contributed by atoms with Crippen LogP contribution >= 0.6 is 11.6 Å². The second-order valence-electron chi connectivity index (χ2n) is 6.54. The van der Waals surface area contributed by atoms with E-state index in [-0.39, 0.29) is 21.8 Å². The van der Waals surface area contributed by atoms with Gasteiger partial charge in [-0.05, 0) is 44.0 Å². The molecule has 30 heavy (non-hydrogen) atoms. The smallest absolute Gasteiger partial charge is 0.356 e. The van der Waals surface area contributed by atoms with E-state index in [2.05, 4.69) is 24.4 Å². The van der Waals surface area contributed by atoms with Crippen molar-refractivity contribution in [2.45, 2.75) is 25.8 Å². The number of nitrogens with one attached hydrogen (secondary N) is 1. The van der Waals surface area contributed by atoms with Gasteiger partial charge < -0.3 is 4.74 Å². The van der Waals surface area contributed by atoms with Crippen molar-refractivity contribution in [3.8, 4) is 11.3 Å². The zero-order valence-electron chi connectivity index (χ0n) is 16.7. The van der Waals surface area contributed by atoms with Gasteiger partial charge in [-0.25, -0.2) is 19.5 Å². The molecular formula is C20H19ClN4O4S. The summed E-state index contributed by atoms with van der Waals surface area (Å²) in [6.07, 6.45) is 0. The van der Waals surface area contributed by atoms with E-state index in [0.717, 1.165) is 16.7 Å². The van der Waals surface area contributed by atoms with Gasteiger partial charge in [0.15, 0.2) is 5.03 Å². The van der Waals surface area contributed by atoms with E-state index in [9.17, 15) is 13.2 Å². The number of anilines is 1. The van der Waals surface area contributed by atoms with Gasteiger partial charge in [0.05, 0.1) is 12.8 Å². The average Bonchev–Trinajstić information content (AvgIpc) is 2.70. The third-order valence-electron chi connectivity index (χ3n) is 4.42. The first-order valence-corrected chi connectivity index (χ1v) is 10.7. The zero-order valence-corrected chi connectivity index (χ0v) is 18.3. The third-order valence-corrected chi connectivity index (χ3v) is 6.02. The van der Waals surface area contributed by atoms with Crippen molar-refractivity contribution >= 4 is 33.5 Å². The minimum absolute atomic E-state index is 0.122. The lowest BCUT2D eigenvalue weighted by atomic mass is 9.98. The van der Waals surface area contributed by atoms with E-state index in [0.29, 0.717) is 11.3 Å².